The molecule has 1 amide bonds. The van der Waals surface area contributed by atoms with E-state index in [1.165, 1.54) is 35.1 Å². The Bertz CT molecular complexity index is 1470. The zero-order chi connectivity index (χ0) is 30.9. The molecule has 2 aliphatic carbocycles. The van der Waals surface area contributed by atoms with Crippen LogP contribution in [0.4, 0.5) is 11.8 Å². The van der Waals surface area contributed by atoms with Crippen molar-refractivity contribution in [3.63, 3.8) is 0 Å². The maximum Gasteiger partial charge on any atom is 0.287 e. The molecule has 3 heterocycles. The highest BCUT2D eigenvalue weighted by atomic mass is 16.5. The Hall–Kier alpha value is -3.39. The molecule has 44 heavy (non-hydrogen) atoms. The summed E-state index contributed by atoms with van der Waals surface area (Å²) in [5.41, 5.74) is 5.81. The molecule has 3 atom stereocenters. The van der Waals surface area contributed by atoms with E-state index in [9.17, 15) is 4.79 Å². The van der Waals surface area contributed by atoms with Gasteiger partial charge in [-0.2, -0.15) is 4.98 Å². The minimum atomic E-state index is -0.165. The molecule has 3 N–H and O–H groups in total. The summed E-state index contributed by atoms with van der Waals surface area (Å²) in [5, 5.41) is 10.1. The van der Waals surface area contributed by atoms with Gasteiger partial charge in [-0.25, -0.2) is 4.98 Å². The van der Waals surface area contributed by atoms with E-state index >= 15 is 0 Å². The van der Waals surface area contributed by atoms with Crippen LogP contribution in [0.5, 0.6) is 0 Å². The largest absolute Gasteiger partial charge is 0.456 e. The van der Waals surface area contributed by atoms with E-state index in [0.717, 1.165) is 56.7 Å². The molecule has 236 valence electrons. The van der Waals surface area contributed by atoms with Gasteiger partial charge in [-0.3, -0.25) is 4.79 Å². The number of ether oxygens (including phenoxy) is 1. The molecule has 1 saturated heterocycles. The molecule has 8 heteroatoms. The third kappa shape index (κ3) is 6.80. The van der Waals surface area contributed by atoms with Crippen molar-refractivity contribution in [3.8, 4) is 0 Å². The van der Waals surface area contributed by atoms with Gasteiger partial charge in [0.25, 0.3) is 5.91 Å². The van der Waals surface area contributed by atoms with Crippen LogP contribution in [0.3, 0.4) is 0 Å². The zero-order valence-electron chi connectivity index (χ0n) is 27.1. The SMILES string of the molecule is Cc1cc2c(cc1Cc1ccc(C(=O)NC3CCCCC3Nc3ccnc(NCC4CCCO4)n3)o1)C(C)(C)CCC2(C)C. The van der Waals surface area contributed by atoms with Crippen LogP contribution >= 0.6 is 0 Å². The maximum atomic E-state index is 13.4. The second-order valence-corrected chi connectivity index (χ2v) is 14.4. The maximum absolute atomic E-state index is 13.4. The van der Waals surface area contributed by atoms with Crippen LogP contribution in [0, 0.1) is 6.92 Å². The molecule has 2 aromatic heterocycles. The van der Waals surface area contributed by atoms with Crippen molar-refractivity contribution >= 4 is 17.7 Å². The van der Waals surface area contributed by atoms with Crippen LogP contribution in [-0.2, 0) is 22.0 Å². The molecule has 6 rings (SSSR count). The Balaban J connectivity index is 1.09. The third-order valence-electron chi connectivity index (χ3n) is 10.1. The highest BCUT2D eigenvalue weighted by Gasteiger charge is 2.37. The molecular weight excluding hydrogens is 550 g/mol. The lowest BCUT2D eigenvalue weighted by Crippen LogP contribution is -2.48. The summed E-state index contributed by atoms with van der Waals surface area (Å²) >= 11 is 0. The molecule has 0 bridgehead atoms. The molecule has 0 spiro atoms. The number of aromatic nitrogens is 2. The van der Waals surface area contributed by atoms with Gasteiger partial charge < -0.3 is 25.1 Å². The Morgan fingerprint density at radius 2 is 1.70 bits per heavy atom. The first kappa shape index (κ1) is 30.6. The quantitative estimate of drug-likeness (QED) is 0.242. The molecule has 0 radical (unpaired) electrons. The van der Waals surface area contributed by atoms with Crippen molar-refractivity contribution in [2.24, 2.45) is 0 Å². The topological polar surface area (TPSA) is 101 Å². The van der Waals surface area contributed by atoms with Crippen molar-refractivity contribution in [3.05, 3.63) is 70.3 Å². The second kappa shape index (κ2) is 12.5. The first-order valence-corrected chi connectivity index (χ1v) is 16.6. The summed E-state index contributed by atoms with van der Waals surface area (Å²) in [4.78, 5) is 22.4. The summed E-state index contributed by atoms with van der Waals surface area (Å²) in [6.45, 7) is 13.2. The van der Waals surface area contributed by atoms with Crippen LogP contribution in [0.2, 0.25) is 0 Å². The number of carbonyl (C=O) groups excluding carboxylic acids is 1. The van der Waals surface area contributed by atoms with E-state index in [0.29, 0.717) is 24.7 Å². The lowest BCUT2D eigenvalue weighted by molar-refractivity contribution is 0.0894. The first-order chi connectivity index (χ1) is 21.1. The number of fused-ring (bicyclic) bond motifs is 1. The number of aryl methyl sites for hydroxylation is 1. The predicted octanol–water partition coefficient (Wildman–Crippen LogP) is 7.06. The number of amides is 1. The fourth-order valence-corrected chi connectivity index (χ4v) is 7.18. The molecule has 1 aliphatic heterocycles. The van der Waals surface area contributed by atoms with Gasteiger partial charge in [-0.1, -0.05) is 52.7 Å². The molecule has 1 aromatic carbocycles. The second-order valence-electron chi connectivity index (χ2n) is 14.4. The summed E-state index contributed by atoms with van der Waals surface area (Å²) in [6.07, 6.45) is 11.3. The van der Waals surface area contributed by atoms with Gasteiger partial charge in [0.2, 0.25) is 5.95 Å². The van der Waals surface area contributed by atoms with Gasteiger partial charge in [-0.15, -0.1) is 0 Å². The van der Waals surface area contributed by atoms with Crippen molar-refractivity contribution < 1.29 is 13.9 Å². The molecule has 8 nitrogen and oxygen atoms in total. The van der Waals surface area contributed by atoms with E-state index in [1.807, 2.05) is 18.2 Å². The first-order valence-electron chi connectivity index (χ1n) is 16.6. The van der Waals surface area contributed by atoms with Gasteiger partial charge >= 0.3 is 0 Å². The highest BCUT2D eigenvalue weighted by Crippen LogP contribution is 2.46. The minimum absolute atomic E-state index is 0.0171. The monoisotopic (exact) mass is 599 g/mol. The smallest absolute Gasteiger partial charge is 0.287 e. The van der Waals surface area contributed by atoms with Gasteiger partial charge in [0.15, 0.2) is 5.76 Å². The molecule has 3 unspecified atom stereocenters. The van der Waals surface area contributed by atoms with Gasteiger partial charge in [0, 0.05) is 37.9 Å². The minimum Gasteiger partial charge on any atom is -0.456 e. The Labute approximate surface area is 262 Å². The van der Waals surface area contributed by atoms with Crippen LogP contribution < -0.4 is 16.0 Å². The molecular formula is C36H49N5O3. The lowest BCUT2D eigenvalue weighted by atomic mass is 9.62. The van der Waals surface area contributed by atoms with Crippen LogP contribution in [0.1, 0.15) is 118 Å². The number of nitrogens with one attached hydrogen (secondary N) is 3. The Morgan fingerprint density at radius 3 is 2.45 bits per heavy atom. The summed E-state index contributed by atoms with van der Waals surface area (Å²) in [5.74, 6) is 2.36. The van der Waals surface area contributed by atoms with E-state index in [4.69, 9.17) is 9.15 Å². The van der Waals surface area contributed by atoms with Crippen LogP contribution in [-0.4, -0.2) is 47.2 Å². The van der Waals surface area contributed by atoms with Crippen LogP contribution in [0.15, 0.2) is 40.9 Å². The van der Waals surface area contributed by atoms with Crippen molar-refractivity contribution in [1.82, 2.24) is 15.3 Å². The number of rotatable bonds is 9. The lowest BCUT2D eigenvalue weighted by Gasteiger charge is -2.42. The molecule has 2 fully saturated rings. The number of anilines is 2. The van der Waals surface area contributed by atoms with Crippen molar-refractivity contribution in [2.75, 3.05) is 23.8 Å². The fourth-order valence-electron chi connectivity index (χ4n) is 7.18. The van der Waals surface area contributed by atoms with E-state index in [1.54, 1.807) is 6.20 Å². The number of carbonyl (C=O) groups is 1. The number of benzene rings is 1. The highest BCUT2D eigenvalue weighted by molar-refractivity contribution is 5.91. The number of nitrogens with zero attached hydrogens (tertiary/aromatic N) is 2. The summed E-state index contributed by atoms with van der Waals surface area (Å²) in [6, 6.07) is 10.5. The Morgan fingerprint density at radius 1 is 0.955 bits per heavy atom. The molecule has 3 aromatic rings. The standard InChI is InChI=1S/C36H49N5O3/c1-23-19-27-28(36(4,5)16-15-35(27,2)3)21-24(23)20-25-12-13-31(44-25)33(42)40-30-11-7-6-10-29(30)39-32-14-17-37-34(41-32)38-22-26-9-8-18-43-26/h12-14,17,19,21,26,29-30H,6-11,15-16,18,20,22H2,1-5H3,(H,40,42)(H2,37,38,39,41). The number of hydrogen-bond acceptors (Lipinski definition) is 7. The van der Waals surface area contributed by atoms with Gasteiger partial charge in [0.05, 0.1) is 6.10 Å². The van der Waals surface area contributed by atoms with E-state index in [2.05, 4.69) is 72.7 Å². The Kier molecular flexibility index (Phi) is 8.73. The number of furan rings is 1. The third-order valence-corrected chi connectivity index (χ3v) is 10.1. The zero-order valence-corrected chi connectivity index (χ0v) is 27.1. The number of hydrogen-bond donors (Lipinski definition) is 3. The van der Waals surface area contributed by atoms with Crippen molar-refractivity contribution in [2.45, 2.75) is 121 Å². The predicted molar refractivity (Wildman–Crippen MR) is 175 cm³/mol. The summed E-state index contributed by atoms with van der Waals surface area (Å²) in [7, 11) is 0. The van der Waals surface area contributed by atoms with E-state index in [-0.39, 0.29) is 34.9 Å². The van der Waals surface area contributed by atoms with Crippen LogP contribution in [0.25, 0.3) is 0 Å². The molecule has 1 saturated carbocycles. The van der Waals surface area contributed by atoms with E-state index < -0.39 is 0 Å². The van der Waals surface area contributed by atoms with Crippen molar-refractivity contribution in [1.29, 1.82) is 0 Å². The van der Waals surface area contributed by atoms with Gasteiger partial charge in [-0.05, 0) is 96.7 Å². The molecule has 3 aliphatic rings. The average molecular weight is 600 g/mol. The fraction of sp³-hybridized carbons (Fsp3) is 0.583. The van der Waals surface area contributed by atoms with Gasteiger partial charge in [0.1, 0.15) is 11.6 Å². The normalized spacial score (nSPS) is 24.0. The average Bonchev–Trinajstić information content (AvgIpc) is 3.69. The summed E-state index contributed by atoms with van der Waals surface area (Å²) < 4.78 is 11.9.